The molecule has 0 radical (unpaired) electrons. The van der Waals surface area contributed by atoms with E-state index >= 15 is 0 Å². The highest BCUT2D eigenvalue weighted by Gasteiger charge is 2.44. The SMILES string of the molecule is O=C(c1ccc(F)c(F)c1Nc1ccc(I)cc1F)N1CC(O)(CCc2ccc(F)cc2)C1. The number of aliphatic hydroxyl groups is 1. The van der Waals surface area contributed by atoms with Gasteiger partial charge in [-0.2, -0.15) is 0 Å². The van der Waals surface area contributed by atoms with Crippen LogP contribution < -0.4 is 5.32 Å². The number of hydrogen-bond donors (Lipinski definition) is 2. The first-order valence-corrected chi connectivity index (χ1v) is 11.2. The van der Waals surface area contributed by atoms with E-state index < -0.39 is 34.6 Å². The van der Waals surface area contributed by atoms with Gasteiger partial charge in [0.15, 0.2) is 11.6 Å². The summed E-state index contributed by atoms with van der Waals surface area (Å²) < 4.78 is 56.4. The minimum absolute atomic E-state index is 0.00333. The van der Waals surface area contributed by atoms with Crippen molar-refractivity contribution in [2.75, 3.05) is 18.4 Å². The van der Waals surface area contributed by atoms with Gasteiger partial charge in [-0.1, -0.05) is 12.1 Å². The standard InChI is InChI=1S/C24H19F4IN2O2/c25-15-3-1-14(2-4-15)9-10-24(33)12-31(13-24)23(32)17-6-7-18(26)21(28)22(17)30-20-8-5-16(29)11-19(20)27/h1-8,11,30,33H,9-10,12-13H2. The summed E-state index contributed by atoms with van der Waals surface area (Å²) >= 11 is 1.92. The maximum absolute atomic E-state index is 14.6. The highest BCUT2D eigenvalue weighted by molar-refractivity contribution is 14.1. The molecule has 0 aliphatic carbocycles. The largest absolute Gasteiger partial charge is 0.386 e. The molecule has 1 heterocycles. The van der Waals surface area contributed by atoms with Crippen LogP contribution in [0.2, 0.25) is 0 Å². The lowest BCUT2D eigenvalue weighted by molar-refractivity contribution is -0.0854. The molecule has 0 atom stereocenters. The van der Waals surface area contributed by atoms with Gasteiger partial charge in [0.25, 0.3) is 5.91 Å². The fourth-order valence-corrected chi connectivity index (χ4v) is 4.19. The Hall–Kier alpha value is -2.66. The molecular weight excluding hydrogens is 551 g/mol. The number of nitrogens with one attached hydrogen (secondary N) is 1. The smallest absolute Gasteiger partial charge is 0.256 e. The van der Waals surface area contributed by atoms with E-state index in [1.165, 1.54) is 29.2 Å². The van der Waals surface area contributed by atoms with E-state index in [1.807, 2.05) is 22.6 Å². The molecule has 1 saturated heterocycles. The van der Waals surface area contributed by atoms with Gasteiger partial charge >= 0.3 is 0 Å². The lowest BCUT2D eigenvalue weighted by atomic mass is 9.87. The molecule has 2 N–H and O–H groups in total. The number of aryl methyl sites for hydroxylation is 1. The number of β-amino-alcohol motifs (C(OH)–C–C–N with tert-alkyl or cyclic N) is 1. The number of carbonyl (C=O) groups excluding carboxylic acids is 1. The summed E-state index contributed by atoms with van der Waals surface area (Å²) in [6.07, 6.45) is 0.835. The first-order chi connectivity index (χ1) is 15.6. The fraction of sp³-hybridized carbons (Fsp3) is 0.208. The Morgan fingerprint density at radius 1 is 1.00 bits per heavy atom. The van der Waals surface area contributed by atoms with E-state index in [4.69, 9.17) is 0 Å². The van der Waals surface area contributed by atoms with Crippen LogP contribution >= 0.6 is 22.6 Å². The van der Waals surface area contributed by atoms with E-state index in [0.29, 0.717) is 16.4 Å². The number of rotatable bonds is 6. The molecule has 1 amide bonds. The van der Waals surface area contributed by atoms with Gasteiger partial charge in [0.1, 0.15) is 17.2 Å². The number of likely N-dealkylation sites (tertiary alicyclic amines) is 1. The summed E-state index contributed by atoms with van der Waals surface area (Å²) in [5, 5.41) is 13.2. The van der Waals surface area contributed by atoms with Crippen molar-refractivity contribution in [2.24, 2.45) is 0 Å². The van der Waals surface area contributed by atoms with Crippen molar-refractivity contribution in [1.82, 2.24) is 4.90 Å². The molecule has 33 heavy (non-hydrogen) atoms. The minimum atomic E-state index is -1.30. The second-order valence-electron chi connectivity index (χ2n) is 8.05. The van der Waals surface area contributed by atoms with Gasteiger partial charge in [0.05, 0.1) is 30.0 Å². The molecule has 172 valence electrons. The van der Waals surface area contributed by atoms with Crippen LogP contribution in [-0.4, -0.2) is 34.6 Å². The Labute approximate surface area is 201 Å². The molecule has 0 bridgehead atoms. The van der Waals surface area contributed by atoms with Crippen molar-refractivity contribution in [3.63, 3.8) is 0 Å². The van der Waals surface area contributed by atoms with E-state index in [-0.39, 0.29) is 30.2 Å². The first-order valence-electron chi connectivity index (χ1n) is 10.1. The summed E-state index contributed by atoms with van der Waals surface area (Å²) in [7, 11) is 0. The zero-order valence-electron chi connectivity index (χ0n) is 17.2. The molecule has 1 aliphatic heterocycles. The molecule has 4 rings (SSSR count). The number of hydrogen-bond acceptors (Lipinski definition) is 3. The maximum atomic E-state index is 14.6. The molecule has 3 aromatic carbocycles. The van der Waals surface area contributed by atoms with Crippen LogP contribution in [0, 0.1) is 26.8 Å². The molecule has 1 aliphatic rings. The van der Waals surface area contributed by atoms with Crippen molar-refractivity contribution in [1.29, 1.82) is 0 Å². The summed E-state index contributed by atoms with van der Waals surface area (Å²) in [5.41, 5.74) is -1.04. The molecule has 0 spiro atoms. The summed E-state index contributed by atoms with van der Waals surface area (Å²) in [5.74, 6) is -4.12. The molecule has 4 nitrogen and oxygen atoms in total. The quantitative estimate of drug-likeness (QED) is 0.308. The Balaban J connectivity index is 1.48. The van der Waals surface area contributed by atoms with Crippen molar-refractivity contribution >= 4 is 39.9 Å². The van der Waals surface area contributed by atoms with E-state index in [0.717, 1.165) is 17.7 Å². The van der Waals surface area contributed by atoms with E-state index in [2.05, 4.69) is 5.32 Å². The van der Waals surface area contributed by atoms with Crippen LogP contribution in [0.3, 0.4) is 0 Å². The number of anilines is 2. The number of carbonyl (C=O) groups is 1. The monoisotopic (exact) mass is 570 g/mol. The maximum Gasteiger partial charge on any atom is 0.256 e. The topological polar surface area (TPSA) is 52.6 Å². The van der Waals surface area contributed by atoms with Gasteiger partial charge < -0.3 is 15.3 Å². The normalized spacial score (nSPS) is 14.7. The number of amides is 1. The van der Waals surface area contributed by atoms with Gasteiger partial charge in [-0.3, -0.25) is 4.79 Å². The number of halogens is 5. The van der Waals surface area contributed by atoms with Gasteiger partial charge in [-0.15, -0.1) is 0 Å². The molecule has 0 saturated carbocycles. The Morgan fingerprint density at radius 2 is 1.70 bits per heavy atom. The number of nitrogens with zero attached hydrogens (tertiary/aromatic N) is 1. The van der Waals surface area contributed by atoms with Gasteiger partial charge in [-0.05, 0) is 83.5 Å². The van der Waals surface area contributed by atoms with Crippen LogP contribution in [0.4, 0.5) is 28.9 Å². The van der Waals surface area contributed by atoms with Crippen molar-refractivity contribution in [3.05, 3.63) is 92.6 Å². The zero-order valence-corrected chi connectivity index (χ0v) is 19.4. The van der Waals surface area contributed by atoms with Crippen LogP contribution in [-0.2, 0) is 6.42 Å². The van der Waals surface area contributed by atoms with E-state index in [9.17, 15) is 27.5 Å². The zero-order chi connectivity index (χ0) is 23.8. The van der Waals surface area contributed by atoms with Crippen molar-refractivity contribution in [2.45, 2.75) is 18.4 Å². The lowest BCUT2D eigenvalue weighted by Gasteiger charge is -2.46. The second-order valence-corrected chi connectivity index (χ2v) is 9.29. The number of benzene rings is 3. The Morgan fingerprint density at radius 3 is 2.36 bits per heavy atom. The van der Waals surface area contributed by atoms with Crippen LogP contribution in [0.5, 0.6) is 0 Å². The van der Waals surface area contributed by atoms with Crippen LogP contribution in [0.25, 0.3) is 0 Å². The summed E-state index contributed by atoms with van der Waals surface area (Å²) in [6, 6.07) is 12.1. The minimum Gasteiger partial charge on any atom is -0.386 e. The van der Waals surface area contributed by atoms with Gasteiger partial charge in [-0.25, -0.2) is 17.6 Å². The molecule has 3 aromatic rings. The van der Waals surface area contributed by atoms with Crippen LogP contribution in [0.15, 0.2) is 54.6 Å². The molecular formula is C24H19F4IN2O2. The predicted octanol–water partition coefficient (Wildman–Crippen LogP) is 5.41. The van der Waals surface area contributed by atoms with Gasteiger partial charge in [0, 0.05) is 3.57 Å². The van der Waals surface area contributed by atoms with Crippen molar-refractivity contribution in [3.8, 4) is 0 Å². The molecule has 0 unspecified atom stereocenters. The third-order valence-corrected chi connectivity index (χ3v) is 6.24. The van der Waals surface area contributed by atoms with Crippen molar-refractivity contribution < 1.29 is 27.5 Å². The average molecular weight is 570 g/mol. The highest BCUT2D eigenvalue weighted by atomic mass is 127. The van der Waals surface area contributed by atoms with E-state index in [1.54, 1.807) is 18.2 Å². The second kappa shape index (κ2) is 9.30. The van der Waals surface area contributed by atoms with Crippen LogP contribution in [0.1, 0.15) is 22.3 Å². The molecule has 0 aromatic heterocycles. The molecule has 1 fully saturated rings. The fourth-order valence-electron chi connectivity index (χ4n) is 3.74. The lowest BCUT2D eigenvalue weighted by Crippen LogP contribution is -2.63. The Kier molecular flexibility index (Phi) is 6.62. The third kappa shape index (κ3) is 5.14. The Bertz CT molecular complexity index is 1200. The summed E-state index contributed by atoms with van der Waals surface area (Å²) in [4.78, 5) is 14.3. The predicted molar refractivity (Wildman–Crippen MR) is 124 cm³/mol. The van der Waals surface area contributed by atoms with Gasteiger partial charge in [0.2, 0.25) is 0 Å². The average Bonchev–Trinajstić information content (AvgIpc) is 2.76. The first kappa shape index (κ1) is 23.5. The molecule has 9 heteroatoms. The third-order valence-electron chi connectivity index (χ3n) is 5.57. The highest BCUT2D eigenvalue weighted by Crippen LogP contribution is 2.33. The summed E-state index contributed by atoms with van der Waals surface area (Å²) in [6.45, 7) is 0.00666.